The highest BCUT2D eigenvalue weighted by Crippen LogP contribution is 2.33. The van der Waals surface area contributed by atoms with Gasteiger partial charge in [-0.2, -0.15) is 8.78 Å². The molecule has 0 spiro atoms. The quantitative estimate of drug-likeness (QED) is 0.726. The Kier molecular flexibility index (Phi) is 6.20. The summed E-state index contributed by atoms with van der Waals surface area (Å²) >= 11 is 0. The summed E-state index contributed by atoms with van der Waals surface area (Å²) in [5, 5.41) is 3.25. The van der Waals surface area contributed by atoms with Gasteiger partial charge >= 0.3 is 6.61 Å². The number of nitrogens with zero attached hydrogens (tertiary/aromatic N) is 1. The summed E-state index contributed by atoms with van der Waals surface area (Å²) in [6.45, 7) is -0.0268. The summed E-state index contributed by atoms with van der Waals surface area (Å²) in [7, 11) is -2.59. The lowest BCUT2D eigenvalue weighted by atomic mass is 10.2. The second-order valence-electron chi connectivity index (χ2n) is 6.05. The first-order valence-corrected chi connectivity index (χ1v) is 10.1. The van der Waals surface area contributed by atoms with Gasteiger partial charge in [-0.15, -0.1) is 0 Å². The van der Waals surface area contributed by atoms with Gasteiger partial charge in [0.1, 0.15) is 16.4 Å². The predicted octanol–water partition coefficient (Wildman–Crippen LogP) is 2.51. The minimum absolute atomic E-state index is 0.293. The van der Waals surface area contributed by atoms with Gasteiger partial charge in [0, 0.05) is 26.2 Å². The number of halogens is 2. The van der Waals surface area contributed by atoms with Crippen LogP contribution in [0, 0.1) is 0 Å². The van der Waals surface area contributed by atoms with Crippen molar-refractivity contribution in [2.24, 2.45) is 0 Å². The molecule has 2 aromatic carbocycles. The Morgan fingerprint density at radius 2 is 1.82 bits per heavy atom. The lowest BCUT2D eigenvalue weighted by molar-refractivity contribution is -0.0517. The number of piperazine rings is 1. The third kappa shape index (κ3) is 4.63. The van der Waals surface area contributed by atoms with Crippen molar-refractivity contribution in [2.45, 2.75) is 11.5 Å². The molecule has 1 fully saturated rings. The molecule has 2 aromatic rings. The Bertz CT molecular complexity index is 919. The molecule has 0 aliphatic carbocycles. The first kappa shape index (κ1) is 20.2. The van der Waals surface area contributed by atoms with Crippen molar-refractivity contribution in [3.8, 4) is 11.5 Å². The molecule has 1 saturated heterocycles. The lowest BCUT2D eigenvalue weighted by Gasteiger charge is -2.31. The van der Waals surface area contributed by atoms with Crippen LogP contribution in [-0.2, 0) is 10.0 Å². The molecule has 7 nitrogen and oxygen atoms in total. The van der Waals surface area contributed by atoms with E-state index in [1.165, 1.54) is 24.3 Å². The fourth-order valence-corrected chi connectivity index (χ4v) is 4.17. The third-order valence-electron chi connectivity index (χ3n) is 4.24. The van der Waals surface area contributed by atoms with Crippen LogP contribution in [0.4, 0.5) is 20.2 Å². The van der Waals surface area contributed by atoms with Crippen LogP contribution < -0.4 is 24.4 Å². The Balaban J connectivity index is 1.90. The molecule has 1 aliphatic heterocycles. The highest BCUT2D eigenvalue weighted by atomic mass is 32.2. The number of sulfonamides is 1. The van der Waals surface area contributed by atoms with Crippen LogP contribution in [-0.4, -0.2) is 48.3 Å². The number of methoxy groups -OCH3 is 1. The Labute approximate surface area is 162 Å². The Morgan fingerprint density at radius 1 is 1.11 bits per heavy atom. The van der Waals surface area contributed by atoms with E-state index in [4.69, 9.17) is 4.74 Å². The maximum atomic E-state index is 12.8. The number of anilines is 2. The van der Waals surface area contributed by atoms with E-state index in [1.807, 2.05) is 0 Å². The molecule has 2 N–H and O–H groups in total. The predicted molar refractivity (Wildman–Crippen MR) is 102 cm³/mol. The summed E-state index contributed by atoms with van der Waals surface area (Å²) in [6.07, 6.45) is 0. The summed E-state index contributed by atoms with van der Waals surface area (Å²) < 4.78 is 62.9. The normalized spacial score (nSPS) is 14.8. The van der Waals surface area contributed by atoms with Crippen LogP contribution in [0.15, 0.2) is 47.4 Å². The van der Waals surface area contributed by atoms with E-state index in [2.05, 4.69) is 19.7 Å². The summed E-state index contributed by atoms with van der Waals surface area (Å²) in [4.78, 5) is 1.72. The highest BCUT2D eigenvalue weighted by molar-refractivity contribution is 7.92. The van der Waals surface area contributed by atoms with E-state index < -0.39 is 22.4 Å². The summed E-state index contributed by atoms with van der Waals surface area (Å²) in [6, 6.07) is 10.1. The molecule has 0 atom stereocenters. The van der Waals surface area contributed by atoms with Crippen LogP contribution in [0.25, 0.3) is 0 Å². The fourth-order valence-electron chi connectivity index (χ4n) is 2.98. The number of hydrogen-bond acceptors (Lipinski definition) is 6. The molecule has 1 aliphatic rings. The standard InChI is InChI=1S/C18H21F2N3O4S/c1-26-15-7-6-13(12-14(15)23-10-8-21-9-11-23)22-28(24,25)17-5-3-2-4-16(17)27-18(19)20/h2-7,12,18,21-22H,8-11H2,1H3. The van der Waals surface area contributed by atoms with Crippen LogP contribution in [0.1, 0.15) is 0 Å². The van der Waals surface area contributed by atoms with Gasteiger partial charge in [0.25, 0.3) is 10.0 Å². The van der Waals surface area contributed by atoms with Crippen molar-refractivity contribution < 1.29 is 26.7 Å². The maximum Gasteiger partial charge on any atom is 0.387 e. The van der Waals surface area contributed by atoms with Crippen molar-refractivity contribution in [1.82, 2.24) is 5.32 Å². The molecule has 0 saturated carbocycles. The van der Waals surface area contributed by atoms with Gasteiger partial charge in [-0.25, -0.2) is 8.42 Å². The van der Waals surface area contributed by atoms with Gasteiger partial charge in [-0.3, -0.25) is 4.72 Å². The van der Waals surface area contributed by atoms with E-state index in [-0.39, 0.29) is 4.90 Å². The Morgan fingerprint density at radius 3 is 2.50 bits per heavy atom. The molecule has 3 rings (SSSR count). The maximum absolute atomic E-state index is 12.8. The summed E-state index contributed by atoms with van der Waals surface area (Å²) in [5.74, 6) is 0.201. The monoisotopic (exact) mass is 413 g/mol. The van der Waals surface area contributed by atoms with Crippen molar-refractivity contribution in [1.29, 1.82) is 0 Å². The molecule has 0 radical (unpaired) electrons. The van der Waals surface area contributed by atoms with Crippen molar-refractivity contribution >= 4 is 21.4 Å². The van der Waals surface area contributed by atoms with Gasteiger partial charge in [-0.1, -0.05) is 12.1 Å². The first-order chi connectivity index (χ1) is 13.4. The van der Waals surface area contributed by atoms with E-state index >= 15 is 0 Å². The fraction of sp³-hybridized carbons (Fsp3) is 0.333. The average Bonchev–Trinajstić information content (AvgIpc) is 2.68. The van der Waals surface area contributed by atoms with Crippen molar-refractivity contribution in [2.75, 3.05) is 42.9 Å². The smallest absolute Gasteiger partial charge is 0.387 e. The molecule has 152 valence electrons. The molecular weight excluding hydrogens is 392 g/mol. The molecule has 0 aromatic heterocycles. The van der Waals surface area contributed by atoms with Gasteiger partial charge in [0.2, 0.25) is 0 Å². The van der Waals surface area contributed by atoms with E-state index in [0.29, 0.717) is 11.4 Å². The van der Waals surface area contributed by atoms with Gasteiger partial charge in [-0.05, 0) is 30.3 Å². The highest BCUT2D eigenvalue weighted by Gasteiger charge is 2.23. The largest absolute Gasteiger partial charge is 0.495 e. The summed E-state index contributed by atoms with van der Waals surface area (Å²) in [5.41, 5.74) is 1.04. The van der Waals surface area contributed by atoms with E-state index in [0.717, 1.165) is 31.9 Å². The zero-order valence-electron chi connectivity index (χ0n) is 15.2. The first-order valence-electron chi connectivity index (χ1n) is 8.61. The van der Waals surface area contributed by atoms with Crippen molar-refractivity contribution in [3.63, 3.8) is 0 Å². The lowest BCUT2D eigenvalue weighted by Crippen LogP contribution is -2.43. The number of nitrogens with one attached hydrogen (secondary N) is 2. The SMILES string of the molecule is COc1ccc(NS(=O)(=O)c2ccccc2OC(F)F)cc1N1CCNCC1. The molecule has 0 amide bonds. The number of alkyl halides is 2. The molecule has 0 bridgehead atoms. The second kappa shape index (κ2) is 8.61. The number of para-hydroxylation sites is 1. The second-order valence-corrected chi connectivity index (χ2v) is 7.71. The number of hydrogen-bond donors (Lipinski definition) is 2. The van der Waals surface area contributed by atoms with Crippen LogP contribution >= 0.6 is 0 Å². The molecule has 28 heavy (non-hydrogen) atoms. The molecule has 1 heterocycles. The van der Waals surface area contributed by atoms with Crippen LogP contribution in [0.2, 0.25) is 0 Å². The zero-order chi connectivity index (χ0) is 20.1. The van der Waals surface area contributed by atoms with Crippen LogP contribution in [0.3, 0.4) is 0 Å². The zero-order valence-corrected chi connectivity index (χ0v) is 16.0. The van der Waals surface area contributed by atoms with E-state index in [1.54, 1.807) is 25.3 Å². The van der Waals surface area contributed by atoms with Gasteiger partial charge in [0.15, 0.2) is 0 Å². The number of rotatable bonds is 7. The topological polar surface area (TPSA) is 79.9 Å². The third-order valence-corrected chi connectivity index (χ3v) is 5.66. The Hall–Kier alpha value is -2.59. The average molecular weight is 413 g/mol. The molecular formula is C18H21F2N3O4S. The van der Waals surface area contributed by atoms with Crippen LogP contribution in [0.5, 0.6) is 11.5 Å². The number of benzene rings is 2. The van der Waals surface area contributed by atoms with Gasteiger partial charge < -0.3 is 19.7 Å². The van der Waals surface area contributed by atoms with Crippen molar-refractivity contribution in [3.05, 3.63) is 42.5 Å². The minimum atomic E-state index is -4.14. The molecule has 10 heteroatoms. The minimum Gasteiger partial charge on any atom is -0.495 e. The van der Waals surface area contributed by atoms with E-state index in [9.17, 15) is 17.2 Å². The molecule has 0 unspecified atom stereocenters. The van der Waals surface area contributed by atoms with Gasteiger partial charge in [0.05, 0.1) is 18.5 Å². The number of ether oxygens (including phenoxy) is 2.